The van der Waals surface area contributed by atoms with E-state index in [4.69, 9.17) is 21.4 Å². The Kier molecular flexibility index (Phi) is 6.17. The van der Waals surface area contributed by atoms with Crippen LogP contribution >= 0.6 is 12.2 Å². The second-order valence-corrected chi connectivity index (χ2v) is 7.98. The molecule has 0 aliphatic carbocycles. The molecule has 1 N–H and O–H groups in total. The summed E-state index contributed by atoms with van der Waals surface area (Å²) in [6.07, 6.45) is 0. The number of anilines is 1. The molecule has 29 heavy (non-hydrogen) atoms. The number of nitrogens with one attached hydrogen (secondary N) is 1. The molecular formula is C22H25N3O3S. The van der Waals surface area contributed by atoms with Gasteiger partial charge in [-0.05, 0) is 66.5 Å². The summed E-state index contributed by atoms with van der Waals surface area (Å²) < 4.78 is 12.2. The molecule has 0 fully saturated rings. The van der Waals surface area contributed by atoms with E-state index in [-0.39, 0.29) is 16.2 Å². The van der Waals surface area contributed by atoms with Crippen molar-refractivity contribution >= 4 is 23.9 Å². The molecule has 1 heterocycles. The molecule has 0 saturated carbocycles. The lowest BCUT2D eigenvalue weighted by Gasteiger charge is -2.18. The van der Waals surface area contributed by atoms with Crippen LogP contribution in [0.1, 0.15) is 43.6 Å². The lowest BCUT2D eigenvalue weighted by Crippen LogP contribution is -2.10. The minimum atomic E-state index is -0.333. The van der Waals surface area contributed by atoms with Gasteiger partial charge < -0.3 is 14.5 Å². The number of hydrogen-bond acceptors (Lipinski definition) is 6. The highest BCUT2D eigenvalue weighted by Gasteiger charge is 2.15. The van der Waals surface area contributed by atoms with Crippen molar-refractivity contribution in [2.45, 2.75) is 39.8 Å². The van der Waals surface area contributed by atoms with Crippen LogP contribution in [0.3, 0.4) is 0 Å². The molecule has 0 saturated heterocycles. The predicted octanol–water partition coefficient (Wildman–Crippen LogP) is 5.42. The maximum absolute atomic E-state index is 11.7. The second-order valence-electron chi connectivity index (χ2n) is 7.63. The number of benzene rings is 2. The van der Waals surface area contributed by atoms with Gasteiger partial charge in [-0.3, -0.25) is 0 Å². The van der Waals surface area contributed by atoms with E-state index < -0.39 is 0 Å². The first-order chi connectivity index (χ1) is 13.8. The minimum Gasteiger partial charge on any atom is -0.462 e. The molecule has 0 radical (unpaired) electrons. The number of carbonyl (C=O) groups excluding carboxylic acids is 1. The zero-order chi connectivity index (χ0) is 21.0. The topological polar surface area (TPSA) is 69.3 Å². The van der Waals surface area contributed by atoms with E-state index >= 15 is 0 Å². The summed E-state index contributed by atoms with van der Waals surface area (Å²) in [7, 11) is 0. The van der Waals surface area contributed by atoms with Crippen molar-refractivity contribution in [2.24, 2.45) is 0 Å². The van der Waals surface area contributed by atoms with Gasteiger partial charge in [-0.15, -0.1) is 5.10 Å². The van der Waals surface area contributed by atoms with Crippen molar-refractivity contribution < 1.29 is 13.9 Å². The highest BCUT2D eigenvalue weighted by molar-refractivity contribution is 7.71. The Morgan fingerprint density at radius 2 is 1.79 bits per heavy atom. The largest absolute Gasteiger partial charge is 0.462 e. The fraction of sp³-hybridized carbons (Fsp3) is 0.318. The molecule has 0 unspecified atom stereocenters. The van der Waals surface area contributed by atoms with Gasteiger partial charge in [-0.1, -0.05) is 32.9 Å². The normalized spacial score (nSPS) is 11.3. The van der Waals surface area contributed by atoms with Gasteiger partial charge in [0.15, 0.2) is 0 Å². The molecule has 152 valence electrons. The minimum absolute atomic E-state index is 0.0882. The van der Waals surface area contributed by atoms with Gasteiger partial charge in [0.2, 0.25) is 5.89 Å². The average Bonchev–Trinajstić information content (AvgIpc) is 3.07. The van der Waals surface area contributed by atoms with Gasteiger partial charge >= 0.3 is 5.97 Å². The number of carbonyl (C=O) groups is 1. The first-order valence-corrected chi connectivity index (χ1v) is 9.88. The highest BCUT2D eigenvalue weighted by atomic mass is 32.1. The van der Waals surface area contributed by atoms with Crippen LogP contribution < -0.4 is 5.32 Å². The van der Waals surface area contributed by atoms with E-state index in [1.54, 1.807) is 23.7 Å². The molecule has 2 aromatic carbocycles. The molecular weight excluding hydrogens is 386 g/mol. The van der Waals surface area contributed by atoms with E-state index in [1.807, 2.05) is 24.3 Å². The number of rotatable bonds is 6. The molecule has 0 aliphatic heterocycles. The quantitative estimate of drug-likeness (QED) is 0.432. The summed E-state index contributed by atoms with van der Waals surface area (Å²) in [5.41, 5.74) is 3.55. The number of ether oxygens (including phenoxy) is 1. The van der Waals surface area contributed by atoms with E-state index in [1.165, 1.54) is 5.56 Å². The standard InChI is InChI=1S/C22H25N3O3S/c1-5-27-20(26)16-8-12-18(13-9-16)23-14-25-21(29)28-19(24-25)15-6-10-17(11-7-15)22(2,3)4/h6-13,23H,5,14H2,1-4H3. The van der Waals surface area contributed by atoms with Crippen LogP contribution in [0.5, 0.6) is 0 Å². The molecule has 1 aromatic heterocycles. The second kappa shape index (κ2) is 8.61. The van der Waals surface area contributed by atoms with E-state index in [2.05, 4.69) is 43.3 Å². The van der Waals surface area contributed by atoms with Gasteiger partial charge in [-0.25, -0.2) is 9.48 Å². The van der Waals surface area contributed by atoms with E-state index in [0.29, 0.717) is 24.7 Å². The maximum atomic E-state index is 11.7. The molecule has 0 amide bonds. The fourth-order valence-corrected chi connectivity index (χ4v) is 2.92. The van der Waals surface area contributed by atoms with Crippen molar-refractivity contribution in [1.29, 1.82) is 0 Å². The molecule has 6 nitrogen and oxygen atoms in total. The van der Waals surface area contributed by atoms with Crippen molar-refractivity contribution in [1.82, 2.24) is 9.78 Å². The SMILES string of the molecule is CCOC(=O)c1ccc(NCn2nc(-c3ccc(C(C)(C)C)cc3)oc2=S)cc1. The van der Waals surface area contributed by atoms with Gasteiger partial charge in [0, 0.05) is 11.3 Å². The molecule has 0 atom stereocenters. The van der Waals surface area contributed by atoms with Crippen LogP contribution in [0.2, 0.25) is 0 Å². The molecule has 3 aromatic rings. The van der Waals surface area contributed by atoms with Crippen molar-refractivity contribution in [3.63, 3.8) is 0 Å². The van der Waals surface area contributed by atoms with Crippen LogP contribution in [0.15, 0.2) is 52.9 Å². The molecule has 0 bridgehead atoms. The number of hydrogen-bond donors (Lipinski definition) is 1. The molecule has 0 spiro atoms. The smallest absolute Gasteiger partial charge is 0.338 e. The predicted molar refractivity (Wildman–Crippen MR) is 115 cm³/mol. The summed E-state index contributed by atoms with van der Waals surface area (Å²) in [4.78, 5) is 12.0. The Morgan fingerprint density at radius 1 is 1.14 bits per heavy atom. The Labute approximate surface area is 175 Å². The Morgan fingerprint density at radius 3 is 2.38 bits per heavy atom. The summed E-state index contributed by atoms with van der Waals surface area (Å²) in [5, 5.41) is 7.68. The van der Waals surface area contributed by atoms with Crippen molar-refractivity contribution in [2.75, 3.05) is 11.9 Å². The van der Waals surface area contributed by atoms with Crippen molar-refractivity contribution in [3.8, 4) is 11.5 Å². The van der Waals surface area contributed by atoms with Crippen LogP contribution in [0.4, 0.5) is 5.69 Å². The number of nitrogens with zero attached hydrogens (tertiary/aromatic N) is 2. The van der Waals surface area contributed by atoms with E-state index in [0.717, 1.165) is 11.3 Å². The Bertz CT molecular complexity index is 1030. The number of esters is 1. The third-order valence-corrected chi connectivity index (χ3v) is 4.73. The zero-order valence-electron chi connectivity index (χ0n) is 17.1. The van der Waals surface area contributed by atoms with Gasteiger partial charge in [0.1, 0.15) is 6.67 Å². The Hall–Kier alpha value is -2.93. The third kappa shape index (κ3) is 5.12. The summed E-state index contributed by atoms with van der Waals surface area (Å²) in [6, 6.07) is 15.2. The highest BCUT2D eigenvalue weighted by Crippen LogP contribution is 2.25. The lowest BCUT2D eigenvalue weighted by atomic mass is 9.87. The first kappa shape index (κ1) is 20.8. The monoisotopic (exact) mass is 411 g/mol. The third-order valence-electron chi connectivity index (χ3n) is 4.43. The molecule has 0 aliphatic rings. The molecule has 3 rings (SSSR count). The van der Waals surface area contributed by atoms with Gasteiger partial charge in [0.05, 0.1) is 12.2 Å². The van der Waals surface area contributed by atoms with Crippen LogP contribution in [0.25, 0.3) is 11.5 Å². The first-order valence-electron chi connectivity index (χ1n) is 9.48. The summed E-state index contributed by atoms with van der Waals surface area (Å²) in [5.74, 6) is 0.148. The lowest BCUT2D eigenvalue weighted by molar-refractivity contribution is 0.0526. The zero-order valence-corrected chi connectivity index (χ0v) is 17.9. The van der Waals surface area contributed by atoms with Gasteiger partial charge in [-0.2, -0.15) is 0 Å². The summed E-state index contributed by atoms with van der Waals surface area (Å²) >= 11 is 5.29. The van der Waals surface area contributed by atoms with Crippen LogP contribution in [-0.4, -0.2) is 22.4 Å². The number of aromatic nitrogens is 2. The average molecular weight is 412 g/mol. The molecule has 7 heteroatoms. The Balaban J connectivity index is 1.68. The summed E-state index contributed by atoms with van der Waals surface area (Å²) in [6.45, 7) is 9.00. The maximum Gasteiger partial charge on any atom is 0.338 e. The van der Waals surface area contributed by atoms with Crippen LogP contribution in [-0.2, 0) is 16.8 Å². The van der Waals surface area contributed by atoms with Crippen LogP contribution in [0, 0.1) is 4.84 Å². The van der Waals surface area contributed by atoms with Crippen molar-refractivity contribution in [3.05, 3.63) is 64.5 Å². The van der Waals surface area contributed by atoms with E-state index in [9.17, 15) is 4.79 Å². The fourth-order valence-electron chi connectivity index (χ4n) is 2.74. The van der Waals surface area contributed by atoms with Gasteiger partial charge in [0.25, 0.3) is 4.84 Å².